The van der Waals surface area contributed by atoms with Gasteiger partial charge in [0.25, 0.3) is 17.7 Å². The van der Waals surface area contributed by atoms with Crippen LogP contribution < -0.4 is 15.5 Å². The van der Waals surface area contributed by atoms with Crippen molar-refractivity contribution >= 4 is 69.0 Å². The molecule has 0 bridgehead atoms. The second-order valence-electron chi connectivity index (χ2n) is 6.46. The zero-order valence-electron chi connectivity index (χ0n) is 15.4. The van der Waals surface area contributed by atoms with Crippen LogP contribution in [0.15, 0.2) is 72.8 Å². The van der Waals surface area contributed by atoms with Crippen LogP contribution in [0.2, 0.25) is 0 Å². The van der Waals surface area contributed by atoms with E-state index in [2.05, 4.69) is 33.2 Å². The molecule has 8 heteroatoms. The molecule has 1 aliphatic rings. The molecule has 0 saturated carbocycles. The molecular formula is C22H14IN3O3S. The first-order valence-corrected chi connectivity index (χ1v) is 10.4. The van der Waals surface area contributed by atoms with Crippen LogP contribution in [0, 0.1) is 3.57 Å². The fourth-order valence-electron chi connectivity index (χ4n) is 3.11. The van der Waals surface area contributed by atoms with Gasteiger partial charge >= 0.3 is 0 Å². The van der Waals surface area contributed by atoms with Gasteiger partial charge in [0.15, 0.2) is 5.11 Å². The van der Waals surface area contributed by atoms with Gasteiger partial charge in [-0.3, -0.25) is 19.7 Å². The highest BCUT2D eigenvalue weighted by atomic mass is 127. The van der Waals surface area contributed by atoms with Crippen LogP contribution in [0.25, 0.3) is 0 Å². The third kappa shape index (κ3) is 3.96. The number of halogens is 1. The maximum Gasteiger partial charge on any atom is 0.266 e. The number of carbonyl (C=O) groups is 3. The van der Waals surface area contributed by atoms with Crippen molar-refractivity contribution in [2.24, 2.45) is 0 Å². The second-order valence-corrected chi connectivity index (χ2v) is 8.11. The van der Waals surface area contributed by atoms with Crippen LogP contribution in [-0.4, -0.2) is 22.8 Å². The van der Waals surface area contributed by atoms with E-state index in [9.17, 15) is 14.4 Å². The molecule has 1 aliphatic heterocycles. The van der Waals surface area contributed by atoms with Gasteiger partial charge in [-0.1, -0.05) is 24.3 Å². The summed E-state index contributed by atoms with van der Waals surface area (Å²) < 4.78 is 0.938. The Bertz CT molecular complexity index is 1180. The lowest BCUT2D eigenvalue weighted by atomic mass is 10.1. The topological polar surface area (TPSA) is 78.5 Å². The van der Waals surface area contributed by atoms with Gasteiger partial charge in [-0.15, -0.1) is 0 Å². The summed E-state index contributed by atoms with van der Waals surface area (Å²) in [7, 11) is 0. The van der Waals surface area contributed by atoms with Gasteiger partial charge in [0.05, 0.1) is 16.8 Å². The normalized spacial score (nSPS) is 12.5. The van der Waals surface area contributed by atoms with Crippen LogP contribution in [-0.2, 0) is 0 Å². The summed E-state index contributed by atoms with van der Waals surface area (Å²) in [6.45, 7) is 0. The van der Waals surface area contributed by atoms with Gasteiger partial charge in [0, 0.05) is 14.8 Å². The molecule has 4 rings (SSSR count). The zero-order valence-corrected chi connectivity index (χ0v) is 18.4. The van der Waals surface area contributed by atoms with Gasteiger partial charge in [0.2, 0.25) is 0 Å². The van der Waals surface area contributed by atoms with Crippen LogP contribution in [0.3, 0.4) is 0 Å². The monoisotopic (exact) mass is 527 g/mol. The smallest absolute Gasteiger partial charge is 0.266 e. The number of amides is 3. The van der Waals surface area contributed by atoms with E-state index in [1.54, 1.807) is 66.7 Å². The molecule has 3 aromatic carbocycles. The predicted octanol–water partition coefficient (Wildman–Crippen LogP) is 4.22. The lowest BCUT2D eigenvalue weighted by Gasteiger charge is -2.16. The summed E-state index contributed by atoms with van der Waals surface area (Å²) in [5.74, 6) is -1.08. The molecule has 0 spiro atoms. The first-order chi connectivity index (χ1) is 14.4. The Hall–Kier alpha value is -3.11. The molecule has 0 aliphatic carbocycles. The van der Waals surface area contributed by atoms with Crippen LogP contribution in [0.4, 0.5) is 11.4 Å². The Morgan fingerprint density at radius 1 is 0.867 bits per heavy atom. The number of hydrogen-bond donors (Lipinski definition) is 2. The summed E-state index contributed by atoms with van der Waals surface area (Å²) in [5, 5.41) is 5.65. The molecule has 0 saturated heterocycles. The molecule has 0 fully saturated rings. The zero-order chi connectivity index (χ0) is 21.3. The molecule has 0 radical (unpaired) electrons. The maximum atomic E-state index is 12.7. The minimum Gasteiger partial charge on any atom is -0.332 e. The first-order valence-electron chi connectivity index (χ1n) is 8.90. The minimum absolute atomic E-state index is 0.110. The Balaban J connectivity index is 1.49. The predicted molar refractivity (Wildman–Crippen MR) is 127 cm³/mol. The van der Waals surface area contributed by atoms with Crippen molar-refractivity contribution in [3.05, 3.63) is 93.1 Å². The summed E-state index contributed by atoms with van der Waals surface area (Å²) in [5.41, 5.74) is 2.20. The van der Waals surface area contributed by atoms with E-state index in [1.165, 1.54) is 0 Å². The van der Waals surface area contributed by atoms with Crippen molar-refractivity contribution in [1.29, 1.82) is 0 Å². The Morgan fingerprint density at radius 3 is 2.20 bits per heavy atom. The van der Waals surface area contributed by atoms with Crippen molar-refractivity contribution in [3.63, 3.8) is 0 Å². The van der Waals surface area contributed by atoms with Crippen LogP contribution >= 0.6 is 34.8 Å². The van der Waals surface area contributed by atoms with Crippen molar-refractivity contribution < 1.29 is 14.4 Å². The molecule has 1 heterocycles. The van der Waals surface area contributed by atoms with Gasteiger partial charge in [0.1, 0.15) is 0 Å². The average Bonchev–Trinajstić information content (AvgIpc) is 2.99. The number of benzene rings is 3. The van der Waals surface area contributed by atoms with Crippen LogP contribution in [0.5, 0.6) is 0 Å². The van der Waals surface area contributed by atoms with E-state index in [0.717, 1.165) is 8.47 Å². The van der Waals surface area contributed by atoms with E-state index in [4.69, 9.17) is 12.2 Å². The number of rotatable bonds is 3. The molecule has 0 unspecified atom stereocenters. The van der Waals surface area contributed by atoms with Crippen molar-refractivity contribution in [1.82, 2.24) is 5.32 Å². The maximum absolute atomic E-state index is 12.7. The highest BCUT2D eigenvalue weighted by molar-refractivity contribution is 14.1. The fourth-order valence-corrected chi connectivity index (χ4v) is 3.87. The number of imide groups is 1. The fraction of sp³-hybridized carbons (Fsp3) is 0. The molecule has 0 atom stereocenters. The number of hydrogen-bond acceptors (Lipinski definition) is 4. The molecule has 148 valence electrons. The lowest BCUT2D eigenvalue weighted by Crippen LogP contribution is -2.34. The van der Waals surface area contributed by atoms with E-state index in [0.29, 0.717) is 28.1 Å². The molecule has 3 aromatic rings. The van der Waals surface area contributed by atoms with Gasteiger partial charge in [-0.05, 0) is 83.3 Å². The minimum atomic E-state index is -0.373. The molecule has 6 nitrogen and oxygen atoms in total. The number of anilines is 2. The van der Waals surface area contributed by atoms with E-state index in [1.807, 2.05) is 6.07 Å². The van der Waals surface area contributed by atoms with E-state index >= 15 is 0 Å². The molecule has 3 amide bonds. The molecule has 2 N–H and O–H groups in total. The van der Waals surface area contributed by atoms with Crippen molar-refractivity contribution in [3.8, 4) is 0 Å². The van der Waals surface area contributed by atoms with Crippen molar-refractivity contribution in [2.45, 2.75) is 0 Å². The quantitative estimate of drug-likeness (QED) is 0.303. The van der Waals surface area contributed by atoms with Crippen molar-refractivity contribution in [2.75, 3.05) is 10.2 Å². The van der Waals surface area contributed by atoms with Gasteiger partial charge < -0.3 is 5.32 Å². The summed E-state index contributed by atoms with van der Waals surface area (Å²) >= 11 is 7.36. The molecule has 0 aromatic heterocycles. The number of nitrogens with one attached hydrogen (secondary N) is 2. The summed E-state index contributed by atoms with van der Waals surface area (Å²) in [4.78, 5) is 38.8. The van der Waals surface area contributed by atoms with Crippen LogP contribution in [0.1, 0.15) is 31.1 Å². The SMILES string of the molecule is O=C(NC(=S)Nc1cccc(N2C(=O)c3ccccc3C2=O)c1)c1cccc(I)c1. The summed E-state index contributed by atoms with van der Waals surface area (Å²) in [6, 6.07) is 20.6. The Kier molecular flexibility index (Phi) is 5.60. The number of fused-ring (bicyclic) bond motifs is 1. The highest BCUT2D eigenvalue weighted by Gasteiger charge is 2.36. The average molecular weight is 527 g/mol. The largest absolute Gasteiger partial charge is 0.332 e. The standard InChI is InChI=1S/C22H14IN3O3S/c23-14-6-3-5-13(11-14)19(27)25-22(30)24-15-7-4-8-16(12-15)26-20(28)17-9-1-2-10-18(17)21(26)29/h1-12H,(H2,24,25,27,30). The van der Waals surface area contributed by atoms with E-state index < -0.39 is 0 Å². The Morgan fingerprint density at radius 2 is 1.53 bits per heavy atom. The summed E-state index contributed by atoms with van der Waals surface area (Å²) in [6.07, 6.45) is 0. The number of nitrogens with zero attached hydrogens (tertiary/aromatic N) is 1. The third-order valence-electron chi connectivity index (χ3n) is 4.47. The highest BCUT2D eigenvalue weighted by Crippen LogP contribution is 2.29. The Labute approximate surface area is 191 Å². The first kappa shape index (κ1) is 20.2. The number of carbonyl (C=O) groups excluding carboxylic acids is 3. The van der Waals surface area contributed by atoms with E-state index in [-0.39, 0.29) is 22.8 Å². The second kappa shape index (κ2) is 8.33. The number of thiocarbonyl (C=S) groups is 1. The van der Waals surface area contributed by atoms with Gasteiger partial charge in [-0.2, -0.15) is 0 Å². The molecule has 30 heavy (non-hydrogen) atoms. The molecular weight excluding hydrogens is 513 g/mol. The third-order valence-corrected chi connectivity index (χ3v) is 5.35. The lowest BCUT2D eigenvalue weighted by molar-refractivity contribution is 0.0924. The van der Waals surface area contributed by atoms with Gasteiger partial charge in [-0.25, -0.2) is 4.90 Å².